The van der Waals surface area contributed by atoms with Crippen molar-refractivity contribution in [2.24, 2.45) is 5.10 Å². The van der Waals surface area contributed by atoms with Gasteiger partial charge in [-0.3, -0.25) is 0 Å². The molecule has 1 heterocycles. The lowest BCUT2D eigenvalue weighted by molar-refractivity contribution is 0.195. The van der Waals surface area contributed by atoms with Gasteiger partial charge in [0, 0.05) is 4.88 Å². The van der Waals surface area contributed by atoms with E-state index >= 15 is 0 Å². The zero-order chi connectivity index (χ0) is 8.10. The third-order valence-electron chi connectivity index (χ3n) is 0.895. The van der Waals surface area contributed by atoms with Crippen molar-refractivity contribution in [2.75, 3.05) is 0 Å². The summed E-state index contributed by atoms with van der Waals surface area (Å²) in [5, 5.41) is 13.5. The summed E-state index contributed by atoms with van der Waals surface area (Å²) in [6, 6.07) is 3.71. The van der Waals surface area contributed by atoms with Crippen LogP contribution >= 0.6 is 11.3 Å². The number of nitrogens with zero attached hydrogens (tertiary/aromatic N) is 1. The van der Waals surface area contributed by atoms with E-state index in [-0.39, 0.29) is 0 Å². The van der Waals surface area contributed by atoms with Crippen molar-refractivity contribution in [1.29, 1.82) is 0 Å². The van der Waals surface area contributed by atoms with Crippen LogP contribution in [0.1, 0.15) is 4.88 Å². The zero-order valence-corrected chi connectivity index (χ0v) is 6.34. The highest BCUT2D eigenvalue weighted by atomic mass is 32.1. The summed E-state index contributed by atoms with van der Waals surface area (Å²) >= 11 is 1.49. The Morgan fingerprint density at radius 3 is 3.18 bits per heavy atom. The topological polar surface area (TPSA) is 61.7 Å². The molecule has 0 bridgehead atoms. The monoisotopic (exact) mass is 170 g/mol. The van der Waals surface area contributed by atoms with Crippen LogP contribution in [0.15, 0.2) is 22.6 Å². The Morgan fingerprint density at radius 1 is 1.82 bits per heavy atom. The minimum Gasteiger partial charge on any atom is -0.464 e. The maximum absolute atomic E-state index is 9.91. The molecule has 11 heavy (non-hydrogen) atoms. The van der Waals surface area contributed by atoms with E-state index in [4.69, 9.17) is 5.11 Å². The molecule has 0 aliphatic heterocycles. The molecule has 0 saturated carbocycles. The van der Waals surface area contributed by atoms with Crippen molar-refractivity contribution in [3.8, 4) is 0 Å². The summed E-state index contributed by atoms with van der Waals surface area (Å²) in [7, 11) is 0. The molecule has 0 saturated heterocycles. The first kappa shape index (κ1) is 7.74. The summed E-state index contributed by atoms with van der Waals surface area (Å²) in [4.78, 5) is 10.8. The van der Waals surface area contributed by atoms with Gasteiger partial charge >= 0.3 is 6.09 Å². The first-order chi connectivity index (χ1) is 5.29. The van der Waals surface area contributed by atoms with Gasteiger partial charge in [0.15, 0.2) is 0 Å². The Morgan fingerprint density at radius 2 is 2.64 bits per heavy atom. The molecule has 0 radical (unpaired) electrons. The Labute approximate surface area is 67.2 Å². The van der Waals surface area contributed by atoms with Crippen molar-refractivity contribution in [2.45, 2.75) is 0 Å². The van der Waals surface area contributed by atoms with Crippen molar-refractivity contribution in [3.05, 3.63) is 22.4 Å². The van der Waals surface area contributed by atoms with Crippen LogP contribution in [-0.4, -0.2) is 17.4 Å². The van der Waals surface area contributed by atoms with E-state index < -0.39 is 6.09 Å². The molecule has 5 heteroatoms. The van der Waals surface area contributed by atoms with E-state index in [1.54, 1.807) is 0 Å². The van der Waals surface area contributed by atoms with Gasteiger partial charge in [-0.1, -0.05) is 6.07 Å². The lowest BCUT2D eigenvalue weighted by Gasteiger charge is -1.86. The molecular formula is C6H6N2O2S. The first-order valence-corrected chi connectivity index (χ1v) is 3.72. The predicted molar refractivity (Wildman–Crippen MR) is 43.1 cm³/mol. The first-order valence-electron chi connectivity index (χ1n) is 2.84. The van der Waals surface area contributed by atoms with E-state index in [2.05, 4.69) is 5.10 Å². The molecule has 1 amide bonds. The molecule has 0 spiro atoms. The number of nitrogens with one attached hydrogen (secondary N) is 1. The number of carboxylic acid groups (broad SMARTS) is 1. The van der Waals surface area contributed by atoms with Crippen LogP contribution in [0, 0.1) is 0 Å². The average molecular weight is 170 g/mol. The summed E-state index contributed by atoms with van der Waals surface area (Å²) in [5.41, 5.74) is 1.88. The average Bonchev–Trinajstić information content (AvgIpc) is 2.39. The zero-order valence-electron chi connectivity index (χ0n) is 5.52. The summed E-state index contributed by atoms with van der Waals surface area (Å²) in [6.45, 7) is 0. The number of thiophene rings is 1. The highest BCUT2D eigenvalue weighted by Crippen LogP contribution is 2.03. The lowest BCUT2D eigenvalue weighted by Crippen LogP contribution is -2.13. The van der Waals surface area contributed by atoms with E-state index in [1.807, 2.05) is 22.9 Å². The second kappa shape index (κ2) is 3.72. The summed E-state index contributed by atoms with van der Waals surface area (Å²) in [6.07, 6.45) is 0.302. The molecule has 0 aromatic carbocycles. The highest BCUT2D eigenvalue weighted by Gasteiger charge is 1.88. The van der Waals surface area contributed by atoms with Crippen LogP contribution in [0.3, 0.4) is 0 Å². The van der Waals surface area contributed by atoms with Gasteiger partial charge < -0.3 is 5.11 Å². The van der Waals surface area contributed by atoms with Gasteiger partial charge in [-0.25, -0.2) is 10.2 Å². The molecule has 0 aliphatic carbocycles. The van der Waals surface area contributed by atoms with Gasteiger partial charge in [-0.2, -0.15) is 5.10 Å². The fourth-order valence-corrected chi connectivity index (χ4v) is 1.10. The Hall–Kier alpha value is -1.36. The third kappa shape index (κ3) is 2.81. The second-order valence-corrected chi connectivity index (χ2v) is 2.67. The van der Waals surface area contributed by atoms with Gasteiger partial charge in [0.05, 0.1) is 6.21 Å². The molecule has 58 valence electrons. The van der Waals surface area contributed by atoms with Crippen LogP contribution in [0.4, 0.5) is 4.79 Å². The smallest absolute Gasteiger partial charge is 0.425 e. The van der Waals surface area contributed by atoms with Crippen molar-refractivity contribution in [3.63, 3.8) is 0 Å². The normalized spacial score (nSPS) is 10.2. The van der Waals surface area contributed by atoms with Crippen LogP contribution in [0.5, 0.6) is 0 Å². The number of hydrogen-bond acceptors (Lipinski definition) is 3. The number of hydrogen-bond donors (Lipinski definition) is 2. The molecular weight excluding hydrogens is 164 g/mol. The molecule has 0 unspecified atom stereocenters. The second-order valence-electron chi connectivity index (χ2n) is 1.69. The predicted octanol–water partition coefficient (Wildman–Crippen LogP) is 1.35. The largest absolute Gasteiger partial charge is 0.464 e. The SMILES string of the molecule is O=C(O)N/N=C/c1cccs1. The van der Waals surface area contributed by atoms with Crippen LogP contribution in [-0.2, 0) is 0 Å². The highest BCUT2D eigenvalue weighted by molar-refractivity contribution is 7.11. The molecule has 1 aromatic heterocycles. The Bertz CT molecular complexity index is 256. The quantitative estimate of drug-likeness (QED) is 0.519. The van der Waals surface area contributed by atoms with E-state index in [0.717, 1.165) is 4.88 Å². The fourth-order valence-electron chi connectivity index (χ4n) is 0.516. The van der Waals surface area contributed by atoms with Crippen molar-refractivity contribution in [1.82, 2.24) is 5.43 Å². The molecule has 0 atom stereocenters. The molecule has 0 aliphatic rings. The van der Waals surface area contributed by atoms with Gasteiger partial charge in [-0.05, 0) is 11.4 Å². The number of amides is 1. The molecule has 1 rings (SSSR count). The lowest BCUT2D eigenvalue weighted by atomic mass is 10.5. The molecule has 0 fully saturated rings. The maximum atomic E-state index is 9.91. The van der Waals surface area contributed by atoms with Gasteiger partial charge in [0.2, 0.25) is 0 Å². The summed E-state index contributed by atoms with van der Waals surface area (Å²) < 4.78 is 0. The molecule has 2 N–H and O–H groups in total. The molecule has 4 nitrogen and oxygen atoms in total. The van der Waals surface area contributed by atoms with E-state index in [1.165, 1.54) is 17.6 Å². The minimum absolute atomic E-state index is 0.916. The van der Waals surface area contributed by atoms with E-state index in [9.17, 15) is 4.79 Å². The standard InChI is InChI=1S/C6H6N2O2S/c9-6(10)8-7-4-5-2-1-3-11-5/h1-4,8H,(H,9,10)/b7-4+. The third-order valence-corrected chi connectivity index (χ3v) is 1.70. The summed E-state index contributed by atoms with van der Waals surface area (Å²) in [5.74, 6) is 0. The van der Waals surface area contributed by atoms with Crippen LogP contribution in [0.25, 0.3) is 0 Å². The van der Waals surface area contributed by atoms with E-state index in [0.29, 0.717) is 0 Å². The van der Waals surface area contributed by atoms with Gasteiger partial charge in [0.25, 0.3) is 0 Å². The molecule has 1 aromatic rings. The van der Waals surface area contributed by atoms with Crippen LogP contribution < -0.4 is 5.43 Å². The number of hydrazone groups is 1. The Balaban J connectivity index is 2.43. The minimum atomic E-state index is -1.15. The Kier molecular flexibility index (Phi) is 2.62. The maximum Gasteiger partial charge on any atom is 0.425 e. The van der Waals surface area contributed by atoms with Crippen molar-refractivity contribution >= 4 is 23.6 Å². The number of carbonyl (C=O) groups is 1. The fraction of sp³-hybridized carbons (Fsp3) is 0. The number of rotatable bonds is 2. The van der Waals surface area contributed by atoms with Gasteiger partial charge in [-0.15, -0.1) is 11.3 Å². The van der Waals surface area contributed by atoms with Crippen LogP contribution in [0.2, 0.25) is 0 Å². The van der Waals surface area contributed by atoms with Gasteiger partial charge in [0.1, 0.15) is 0 Å². The van der Waals surface area contributed by atoms with Crippen molar-refractivity contribution < 1.29 is 9.90 Å².